The van der Waals surface area contributed by atoms with Crippen molar-refractivity contribution in [3.63, 3.8) is 0 Å². The average Bonchev–Trinajstić information content (AvgIpc) is 3.32. The number of hydrogen-bond acceptors (Lipinski definition) is 5. The van der Waals surface area contributed by atoms with Gasteiger partial charge in [0.15, 0.2) is 0 Å². The maximum absolute atomic E-state index is 9.50. The molecule has 5 nitrogen and oxygen atoms in total. The molecule has 1 aliphatic rings. The predicted molar refractivity (Wildman–Crippen MR) is 80.1 cm³/mol. The molecule has 0 spiro atoms. The smallest absolute Gasteiger partial charge is 0.142 e. The van der Waals surface area contributed by atoms with Gasteiger partial charge >= 0.3 is 0 Å². The Morgan fingerprint density at radius 1 is 1.29 bits per heavy atom. The summed E-state index contributed by atoms with van der Waals surface area (Å²) >= 11 is 0. The molecule has 2 N–H and O–H groups in total. The lowest BCUT2D eigenvalue weighted by atomic mass is 9.80. The first-order valence-electron chi connectivity index (χ1n) is 7.02. The molecule has 0 unspecified atom stereocenters. The van der Waals surface area contributed by atoms with Crippen LogP contribution in [0.1, 0.15) is 31.0 Å². The first kappa shape index (κ1) is 13.5. The zero-order valence-electron chi connectivity index (χ0n) is 12.2. The molecule has 0 aromatic carbocycles. The molecular weight excluding hydrogens is 262 g/mol. The van der Waals surface area contributed by atoms with E-state index >= 15 is 0 Å². The number of aryl methyl sites for hydroxylation is 1. The number of rotatable bonds is 3. The van der Waals surface area contributed by atoms with E-state index in [4.69, 9.17) is 5.73 Å². The Hall–Kier alpha value is -2.48. The third-order valence-corrected chi connectivity index (χ3v) is 4.20. The number of nitriles is 1. The fourth-order valence-corrected chi connectivity index (χ4v) is 2.64. The number of hydrogen-bond donors (Lipinski definition) is 1. The molecule has 0 saturated heterocycles. The van der Waals surface area contributed by atoms with Crippen molar-refractivity contribution in [3.8, 4) is 17.5 Å². The van der Waals surface area contributed by atoms with Crippen LogP contribution in [0.2, 0.25) is 0 Å². The van der Waals surface area contributed by atoms with E-state index in [0.29, 0.717) is 11.7 Å². The van der Waals surface area contributed by atoms with Gasteiger partial charge in [-0.05, 0) is 44.2 Å². The minimum atomic E-state index is -0.437. The van der Waals surface area contributed by atoms with Crippen LogP contribution in [-0.4, -0.2) is 15.0 Å². The molecule has 2 aromatic rings. The van der Waals surface area contributed by atoms with E-state index in [1.165, 1.54) is 6.20 Å². The van der Waals surface area contributed by atoms with Crippen LogP contribution in [0.3, 0.4) is 0 Å². The van der Waals surface area contributed by atoms with Gasteiger partial charge in [0.25, 0.3) is 0 Å². The van der Waals surface area contributed by atoms with Crippen LogP contribution >= 0.6 is 0 Å². The highest BCUT2D eigenvalue weighted by atomic mass is 14.9. The van der Waals surface area contributed by atoms with Crippen LogP contribution in [0, 0.1) is 24.2 Å². The lowest BCUT2D eigenvalue weighted by Gasteiger charge is -2.21. The Kier molecular flexibility index (Phi) is 3.09. The average molecular weight is 279 g/mol. The molecule has 2 aromatic heterocycles. The van der Waals surface area contributed by atoms with Gasteiger partial charge in [0.05, 0.1) is 29.1 Å². The minimum Gasteiger partial charge on any atom is -0.382 e. The Morgan fingerprint density at radius 2 is 2.05 bits per heavy atom. The zero-order chi connectivity index (χ0) is 15.0. The molecule has 5 heteroatoms. The minimum absolute atomic E-state index is 0.402. The zero-order valence-corrected chi connectivity index (χ0v) is 12.2. The van der Waals surface area contributed by atoms with Crippen molar-refractivity contribution < 1.29 is 0 Å². The monoisotopic (exact) mass is 279 g/mol. The van der Waals surface area contributed by atoms with Crippen LogP contribution in [0.5, 0.6) is 0 Å². The van der Waals surface area contributed by atoms with E-state index in [-0.39, 0.29) is 0 Å². The highest BCUT2D eigenvalue weighted by Crippen LogP contribution is 2.46. The van der Waals surface area contributed by atoms with Crippen molar-refractivity contribution in [1.82, 2.24) is 15.0 Å². The number of nitrogens with zero attached hydrogens (tertiary/aromatic N) is 4. The molecule has 106 valence electrons. The highest BCUT2D eigenvalue weighted by Gasteiger charge is 2.43. The summed E-state index contributed by atoms with van der Waals surface area (Å²) in [4.78, 5) is 13.0. The molecule has 0 amide bonds. The first-order valence-corrected chi connectivity index (χ1v) is 7.02. The molecular formula is C16H17N5. The number of anilines is 1. The van der Waals surface area contributed by atoms with E-state index in [0.717, 1.165) is 35.5 Å². The quantitative estimate of drug-likeness (QED) is 0.933. The van der Waals surface area contributed by atoms with Crippen LogP contribution in [0.15, 0.2) is 24.5 Å². The van der Waals surface area contributed by atoms with Crippen molar-refractivity contribution in [2.45, 2.75) is 32.1 Å². The van der Waals surface area contributed by atoms with Gasteiger partial charge < -0.3 is 5.73 Å². The Labute approximate surface area is 123 Å². The molecule has 0 radical (unpaired) electrons. The Bertz CT molecular complexity index is 712. The summed E-state index contributed by atoms with van der Waals surface area (Å²) in [6.45, 7) is 3.85. The van der Waals surface area contributed by atoms with Crippen LogP contribution in [-0.2, 0) is 5.41 Å². The van der Waals surface area contributed by atoms with Crippen molar-refractivity contribution in [2.75, 3.05) is 5.73 Å². The molecule has 1 saturated carbocycles. The van der Waals surface area contributed by atoms with Crippen molar-refractivity contribution >= 4 is 5.82 Å². The van der Waals surface area contributed by atoms with Gasteiger partial charge in [0, 0.05) is 6.20 Å². The largest absolute Gasteiger partial charge is 0.382 e. The van der Waals surface area contributed by atoms with Crippen molar-refractivity contribution in [2.24, 2.45) is 5.92 Å². The van der Waals surface area contributed by atoms with Gasteiger partial charge in [-0.15, -0.1) is 0 Å². The standard InChI is InChI=1S/C16H17N5/c1-10-15(20-8-14(18)21-10)13-6-5-12(7-19-13)16(2,9-17)11-3-4-11/h5-8,11H,3-4H2,1-2H3,(H2,18,21)/t16-/m1/s1. The second-order valence-corrected chi connectivity index (χ2v) is 5.75. The number of aromatic nitrogens is 3. The second kappa shape index (κ2) is 4.81. The summed E-state index contributed by atoms with van der Waals surface area (Å²) in [5.41, 5.74) is 8.37. The molecule has 0 bridgehead atoms. The highest BCUT2D eigenvalue weighted by molar-refractivity contribution is 5.58. The molecule has 0 aliphatic heterocycles. The molecule has 21 heavy (non-hydrogen) atoms. The molecule has 1 fully saturated rings. The fourth-order valence-electron chi connectivity index (χ4n) is 2.64. The predicted octanol–water partition coefficient (Wildman–Crippen LogP) is 2.62. The van der Waals surface area contributed by atoms with Gasteiger partial charge in [-0.2, -0.15) is 5.26 Å². The second-order valence-electron chi connectivity index (χ2n) is 5.75. The van der Waals surface area contributed by atoms with E-state index in [1.54, 1.807) is 6.20 Å². The molecule has 2 heterocycles. The van der Waals surface area contributed by atoms with Crippen LogP contribution in [0.4, 0.5) is 5.82 Å². The Morgan fingerprint density at radius 3 is 2.57 bits per heavy atom. The number of pyridine rings is 1. The lowest BCUT2D eigenvalue weighted by Crippen LogP contribution is -2.22. The summed E-state index contributed by atoms with van der Waals surface area (Å²) in [5, 5.41) is 9.50. The van der Waals surface area contributed by atoms with E-state index in [9.17, 15) is 5.26 Å². The number of nitrogens with two attached hydrogens (primary N) is 1. The van der Waals surface area contributed by atoms with Gasteiger partial charge in [-0.3, -0.25) is 4.98 Å². The molecule has 1 aliphatic carbocycles. The maximum Gasteiger partial charge on any atom is 0.142 e. The van der Waals surface area contributed by atoms with Crippen LogP contribution < -0.4 is 5.73 Å². The molecule has 3 rings (SSSR count). The third kappa shape index (κ3) is 2.33. The van der Waals surface area contributed by atoms with Gasteiger partial charge in [0.2, 0.25) is 0 Å². The Balaban J connectivity index is 1.96. The van der Waals surface area contributed by atoms with Crippen molar-refractivity contribution in [3.05, 3.63) is 35.8 Å². The first-order chi connectivity index (χ1) is 10.0. The van der Waals surface area contributed by atoms with Crippen LogP contribution in [0.25, 0.3) is 11.4 Å². The van der Waals surface area contributed by atoms with Crippen molar-refractivity contribution in [1.29, 1.82) is 5.26 Å². The van der Waals surface area contributed by atoms with Gasteiger partial charge in [0.1, 0.15) is 11.5 Å². The summed E-state index contributed by atoms with van der Waals surface area (Å²) in [7, 11) is 0. The topological polar surface area (TPSA) is 88.5 Å². The molecule has 1 atom stereocenters. The third-order valence-electron chi connectivity index (χ3n) is 4.20. The van der Waals surface area contributed by atoms with Gasteiger partial charge in [-0.1, -0.05) is 6.07 Å². The number of nitrogen functional groups attached to an aromatic ring is 1. The van der Waals surface area contributed by atoms with Gasteiger partial charge in [-0.25, -0.2) is 9.97 Å². The van der Waals surface area contributed by atoms with E-state index in [2.05, 4.69) is 21.0 Å². The SMILES string of the molecule is Cc1nc(N)cnc1-c1ccc([C@](C)(C#N)C2CC2)cn1. The van der Waals surface area contributed by atoms with E-state index < -0.39 is 5.41 Å². The summed E-state index contributed by atoms with van der Waals surface area (Å²) in [5.74, 6) is 0.854. The van der Waals surface area contributed by atoms with E-state index in [1.807, 2.05) is 26.0 Å². The fraction of sp³-hybridized carbons (Fsp3) is 0.375. The summed E-state index contributed by atoms with van der Waals surface area (Å²) in [6, 6.07) is 6.33. The normalized spacial score (nSPS) is 17.0. The summed E-state index contributed by atoms with van der Waals surface area (Å²) in [6.07, 6.45) is 5.55. The maximum atomic E-state index is 9.50. The summed E-state index contributed by atoms with van der Waals surface area (Å²) < 4.78 is 0. The lowest BCUT2D eigenvalue weighted by molar-refractivity contribution is 0.527.